The van der Waals surface area contributed by atoms with E-state index in [-0.39, 0.29) is 17.0 Å². The lowest BCUT2D eigenvalue weighted by atomic mass is 10.1. The van der Waals surface area contributed by atoms with E-state index in [0.717, 1.165) is 0 Å². The second kappa shape index (κ2) is 4.84. The number of hydrogen-bond donors (Lipinski definition) is 2. The van der Waals surface area contributed by atoms with Crippen molar-refractivity contribution in [2.45, 2.75) is 13.0 Å². The number of amides is 1. The molecule has 1 heterocycles. The normalized spacial score (nSPS) is 12.3. The van der Waals surface area contributed by atoms with Crippen LogP contribution < -0.4 is 5.69 Å². The number of aromatic nitrogens is 2. The van der Waals surface area contributed by atoms with Crippen LogP contribution in [0.2, 0.25) is 0 Å². The average molecular weight is 277 g/mol. The van der Waals surface area contributed by atoms with Gasteiger partial charge in [0.25, 0.3) is 0 Å². The average Bonchev–Trinajstić information content (AvgIpc) is 2.72. The summed E-state index contributed by atoms with van der Waals surface area (Å²) in [6.45, 7) is 1.57. The second-order valence-corrected chi connectivity index (χ2v) is 4.72. The molecule has 7 heteroatoms. The van der Waals surface area contributed by atoms with Gasteiger partial charge in [-0.3, -0.25) is 9.36 Å². The Balaban J connectivity index is 2.76. The van der Waals surface area contributed by atoms with Crippen LogP contribution in [0.15, 0.2) is 23.0 Å². The number of hydrogen-bond acceptors (Lipinski definition) is 3. The lowest BCUT2D eigenvalue weighted by molar-refractivity contribution is -0.131. The summed E-state index contributed by atoms with van der Waals surface area (Å²) >= 11 is 0. The zero-order valence-corrected chi connectivity index (χ0v) is 11.4. The molecule has 2 aromatic rings. The predicted molar refractivity (Wildman–Crippen MR) is 72.9 cm³/mol. The number of carbonyl (C=O) groups is 2. The predicted octanol–water partition coefficient (Wildman–Crippen LogP) is 0.677. The van der Waals surface area contributed by atoms with E-state index in [2.05, 4.69) is 4.98 Å². The topological polar surface area (TPSA) is 95.4 Å². The molecule has 0 saturated carbocycles. The van der Waals surface area contributed by atoms with Crippen molar-refractivity contribution in [3.05, 3.63) is 34.2 Å². The summed E-state index contributed by atoms with van der Waals surface area (Å²) in [6, 6.07) is 3.77. The third-order valence-electron chi connectivity index (χ3n) is 3.15. The van der Waals surface area contributed by atoms with E-state index in [1.807, 2.05) is 0 Å². The molecule has 1 atom stereocenters. The molecule has 1 aromatic heterocycles. The van der Waals surface area contributed by atoms with Crippen molar-refractivity contribution in [3.63, 3.8) is 0 Å². The fourth-order valence-electron chi connectivity index (χ4n) is 2.21. The van der Waals surface area contributed by atoms with Crippen molar-refractivity contribution in [1.29, 1.82) is 0 Å². The smallest absolute Gasteiger partial charge is 0.337 e. The van der Waals surface area contributed by atoms with Crippen molar-refractivity contribution < 1.29 is 14.7 Å². The van der Waals surface area contributed by atoms with E-state index in [1.54, 1.807) is 33.2 Å². The maximum atomic E-state index is 12.0. The minimum Gasteiger partial charge on any atom is -0.478 e. The van der Waals surface area contributed by atoms with Gasteiger partial charge in [0.15, 0.2) is 0 Å². The zero-order valence-electron chi connectivity index (χ0n) is 11.4. The number of rotatable bonds is 3. The summed E-state index contributed by atoms with van der Waals surface area (Å²) in [5, 5.41) is 9.22. The standard InChI is InChI=1S/C13H15N3O4/c1-7(11(17)15(2)3)16-10-8(12(18)19)5-4-6-9(10)14-13(16)20/h4-7H,1-3H3,(H,14,20)(H,18,19). The van der Waals surface area contributed by atoms with Crippen molar-refractivity contribution in [3.8, 4) is 0 Å². The van der Waals surface area contributed by atoms with Crippen LogP contribution in [0.5, 0.6) is 0 Å². The molecule has 0 aliphatic heterocycles. The van der Waals surface area contributed by atoms with E-state index >= 15 is 0 Å². The van der Waals surface area contributed by atoms with Gasteiger partial charge in [0.05, 0.1) is 16.6 Å². The Labute approximate surface area is 114 Å². The van der Waals surface area contributed by atoms with Crippen molar-refractivity contribution >= 4 is 22.9 Å². The van der Waals surface area contributed by atoms with Crippen LogP contribution in [0.1, 0.15) is 23.3 Å². The van der Waals surface area contributed by atoms with Crippen LogP contribution in [0.25, 0.3) is 11.0 Å². The molecule has 2 N–H and O–H groups in total. The minimum atomic E-state index is -1.15. The van der Waals surface area contributed by atoms with E-state index in [1.165, 1.54) is 15.5 Å². The van der Waals surface area contributed by atoms with E-state index < -0.39 is 17.7 Å². The molecule has 1 amide bonds. The van der Waals surface area contributed by atoms with Gasteiger partial charge in [-0.15, -0.1) is 0 Å². The quantitative estimate of drug-likeness (QED) is 0.862. The Bertz CT molecular complexity index is 742. The molecular formula is C13H15N3O4. The number of aromatic carboxylic acids is 1. The van der Waals surface area contributed by atoms with Crippen molar-refractivity contribution in [2.75, 3.05) is 14.1 Å². The lowest BCUT2D eigenvalue weighted by Gasteiger charge is -2.18. The monoisotopic (exact) mass is 277 g/mol. The molecule has 0 spiro atoms. The van der Waals surface area contributed by atoms with E-state index in [0.29, 0.717) is 5.52 Å². The Morgan fingerprint density at radius 2 is 2.00 bits per heavy atom. The molecule has 0 saturated heterocycles. The maximum Gasteiger partial charge on any atom is 0.337 e. The Morgan fingerprint density at radius 1 is 1.35 bits per heavy atom. The SMILES string of the molecule is CC(C(=O)N(C)C)n1c(=O)[nH]c2cccc(C(=O)O)c21. The van der Waals surface area contributed by atoms with Gasteiger partial charge in [-0.1, -0.05) is 6.07 Å². The first-order valence-electron chi connectivity index (χ1n) is 6.02. The van der Waals surface area contributed by atoms with Crippen LogP contribution in [-0.2, 0) is 4.79 Å². The Morgan fingerprint density at radius 3 is 2.55 bits per heavy atom. The highest BCUT2D eigenvalue weighted by Crippen LogP contribution is 2.20. The zero-order chi connectivity index (χ0) is 15.0. The number of fused-ring (bicyclic) bond motifs is 1. The second-order valence-electron chi connectivity index (χ2n) is 4.72. The van der Waals surface area contributed by atoms with Gasteiger partial charge < -0.3 is 15.0 Å². The van der Waals surface area contributed by atoms with Crippen LogP contribution in [0, 0.1) is 0 Å². The molecule has 20 heavy (non-hydrogen) atoms. The molecule has 106 valence electrons. The largest absolute Gasteiger partial charge is 0.478 e. The first-order valence-corrected chi connectivity index (χ1v) is 6.02. The molecule has 0 fully saturated rings. The fraction of sp³-hybridized carbons (Fsp3) is 0.308. The highest BCUT2D eigenvalue weighted by Gasteiger charge is 2.24. The molecular weight excluding hydrogens is 262 g/mol. The summed E-state index contributed by atoms with van der Waals surface area (Å²) in [6.07, 6.45) is 0. The number of likely N-dealkylation sites (N-methyl/N-ethyl adjacent to an activating group) is 1. The van der Waals surface area contributed by atoms with Gasteiger partial charge >= 0.3 is 11.7 Å². The highest BCUT2D eigenvalue weighted by molar-refractivity contribution is 6.01. The van der Waals surface area contributed by atoms with Gasteiger partial charge in [0, 0.05) is 14.1 Å². The summed E-state index contributed by atoms with van der Waals surface area (Å²) in [5.41, 5.74) is 0.108. The Kier molecular flexibility index (Phi) is 3.35. The first-order chi connectivity index (χ1) is 9.34. The van der Waals surface area contributed by atoms with Crippen LogP contribution in [-0.4, -0.2) is 45.5 Å². The van der Waals surface area contributed by atoms with Gasteiger partial charge in [-0.25, -0.2) is 9.59 Å². The van der Waals surface area contributed by atoms with Crippen molar-refractivity contribution in [1.82, 2.24) is 14.5 Å². The van der Waals surface area contributed by atoms with Gasteiger partial charge in [-0.05, 0) is 19.1 Å². The number of aromatic amines is 1. The number of imidazole rings is 1. The maximum absolute atomic E-state index is 12.0. The number of para-hydroxylation sites is 1. The third kappa shape index (κ3) is 2.07. The lowest BCUT2D eigenvalue weighted by Crippen LogP contribution is -2.34. The number of nitrogens with zero attached hydrogens (tertiary/aromatic N) is 2. The molecule has 7 nitrogen and oxygen atoms in total. The molecule has 2 rings (SSSR count). The number of nitrogens with one attached hydrogen (secondary N) is 1. The van der Waals surface area contributed by atoms with E-state index in [4.69, 9.17) is 0 Å². The van der Waals surface area contributed by atoms with E-state index in [9.17, 15) is 19.5 Å². The number of carboxylic acid groups (broad SMARTS) is 1. The number of benzene rings is 1. The number of carbonyl (C=O) groups excluding carboxylic acids is 1. The minimum absolute atomic E-state index is 0.0146. The first kappa shape index (κ1) is 13.9. The molecule has 0 bridgehead atoms. The molecule has 0 radical (unpaired) electrons. The van der Waals surface area contributed by atoms with Gasteiger partial charge in [0.2, 0.25) is 5.91 Å². The third-order valence-corrected chi connectivity index (χ3v) is 3.15. The van der Waals surface area contributed by atoms with Gasteiger partial charge in [0.1, 0.15) is 6.04 Å². The van der Waals surface area contributed by atoms with Crippen LogP contribution in [0.4, 0.5) is 0 Å². The van der Waals surface area contributed by atoms with Gasteiger partial charge in [-0.2, -0.15) is 0 Å². The number of carboxylic acids is 1. The molecule has 0 aliphatic carbocycles. The highest BCUT2D eigenvalue weighted by atomic mass is 16.4. The summed E-state index contributed by atoms with van der Waals surface area (Å²) in [7, 11) is 3.16. The summed E-state index contributed by atoms with van der Waals surface area (Å²) in [5.74, 6) is -1.43. The summed E-state index contributed by atoms with van der Waals surface area (Å²) in [4.78, 5) is 39.3. The van der Waals surface area contributed by atoms with Crippen LogP contribution >= 0.6 is 0 Å². The number of H-pyrrole nitrogens is 1. The molecule has 1 aromatic carbocycles. The molecule has 0 aliphatic rings. The fourth-order valence-corrected chi connectivity index (χ4v) is 2.21. The summed E-state index contributed by atoms with van der Waals surface area (Å²) < 4.78 is 1.18. The Hall–Kier alpha value is -2.57. The van der Waals surface area contributed by atoms with Crippen molar-refractivity contribution in [2.24, 2.45) is 0 Å². The van der Waals surface area contributed by atoms with Crippen LogP contribution in [0.3, 0.4) is 0 Å². The molecule has 1 unspecified atom stereocenters.